The lowest BCUT2D eigenvalue weighted by molar-refractivity contribution is 0.833. The normalized spacial score (nSPS) is 17.9. The minimum Gasteiger partial charge on any atom is -0.343 e. The smallest absolute Gasteiger partial charge is 0.0624 e. The first-order chi connectivity index (χ1) is 26.7. The van der Waals surface area contributed by atoms with Gasteiger partial charge in [0.25, 0.3) is 0 Å². The number of anilines is 1. The van der Waals surface area contributed by atoms with E-state index in [2.05, 4.69) is 192 Å². The molecule has 6 aromatic carbocycles. The summed E-state index contributed by atoms with van der Waals surface area (Å²) in [7, 11) is 2.26. The Labute approximate surface area is 317 Å². The molecule has 1 aliphatic heterocycles. The second-order valence-electron chi connectivity index (χ2n) is 15.1. The van der Waals surface area contributed by atoms with Crippen LogP contribution in [0.15, 0.2) is 164 Å². The second kappa shape index (κ2) is 12.3. The molecule has 7 aromatic rings. The van der Waals surface area contributed by atoms with E-state index in [0.717, 1.165) is 18.5 Å². The van der Waals surface area contributed by atoms with Gasteiger partial charge in [-0.15, -0.1) is 0 Å². The summed E-state index contributed by atoms with van der Waals surface area (Å²) in [4.78, 5) is 2.45. The fourth-order valence-corrected chi connectivity index (χ4v) is 9.43. The molecule has 2 unspecified atom stereocenters. The summed E-state index contributed by atoms with van der Waals surface area (Å²) in [6.45, 7) is 0. The summed E-state index contributed by atoms with van der Waals surface area (Å²) in [5, 5.41) is 1.27. The first-order valence-corrected chi connectivity index (χ1v) is 19.2. The van der Waals surface area contributed by atoms with Gasteiger partial charge in [0.1, 0.15) is 0 Å². The maximum Gasteiger partial charge on any atom is 0.0624 e. The van der Waals surface area contributed by atoms with E-state index in [1.54, 1.807) is 0 Å². The highest BCUT2D eigenvalue weighted by Gasteiger charge is 2.46. The van der Waals surface area contributed by atoms with Gasteiger partial charge in [-0.1, -0.05) is 140 Å². The topological polar surface area (TPSA) is 8.17 Å². The van der Waals surface area contributed by atoms with Crippen LogP contribution in [0.1, 0.15) is 47.6 Å². The van der Waals surface area contributed by atoms with Gasteiger partial charge >= 0.3 is 0 Å². The van der Waals surface area contributed by atoms with Crippen molar-refractivity contribution in [3.63, 3.8) is 0 Å². The first-order valence-electron chi connectivity index (χ1n) is 19.2. The van der Waals surface area contributed by atoms with Crippen LogP contribution >= 0.6 is 0 Å². The number of para-hydroxylation sites is 2. The molecule has 4 aliphatic rings. The van der Waals surface area contributed by atoms with Crippen LogP contribution < -0.4 is 4.90 Å². The molecule has 0 bridgehead atoms. The highest BCUT2D eigenvalue weighted by atomic mass is 15.1. The van der Waals surface area contributed by atoms with Gasteiger partial charge in [-0.25, -0.2) is 0 Å². The zero-order valence-electron chi connectivity index (χ0n) is 30.3. The van der Waals surface area contributed by atoms with Gasteiger partial charge in [0, 0.05) is 46.1 Å². The summed E-state index contributed by atoms with van der Waals surface area (Å²) in [6, 6.07) is 56.3. The van der Waals surface area contributed by atoms with Crippen molar-refractivity contribution in [3.05, 3.63) is 198 Å². The Hall–Kier alpha value is -6.56. The molecule has 54 heavy (non-hydrogen) atoms. The molecular weight excluding hydrogens is 653 g/mol. The van der Waals surface area contributed by atoms with Gasteiger partial charge in [0.2, 0.25) is 0 Å². The van der Waals surface area contributed by atoms with Crippen LogP contribution in [0.3, 0.4) is 0 Å². The Balaban J connectivity index is 1.33. The molecule has 1 fully saturated rings. The van der Waals surface area contributed by atoms with Crippen LogP contribution in [0.25, 0.3) is 66.8 Å². The Morgan fingerprint density at radius 2 is 1.48 bits per heavy atom. The number of allylic oxidation sites excluding steroid dienone is 7. The van der Waals surface area contributed by atoms with Gasteiger partial charge in [0.05, 0.1) is 22.5 Å². The van der Waals surface area contributed by atoms with Crippen LogP contribution in [0.2, 0.25) is 0 Å². The molecule has 1 aromatic heterocycles. The molecule has 0 spiro atoms. The highest BCUT2D eigenvalue weighted by Crippen LogP contribution is 2.60. The van der Waals surface area contributed by atoms with Gasteiger partial charge in [-0.3, -0.25) is 0 Å². The average molecular weight is 691 g/mol. The molecule has 0 amide bonds. The number of rotatable bonds is 4. The van der Waals surface area contributed by atoms with E-state index in [1.807, 2.05) is 0 Å². The molecular formula is C52H38N2. The first kappa shape index (κ1) is 31.0. The van der Waals surface area contributed by atoms with Crippen molar-refractivity contribution in [1.82, 2.24) is 4.57 Å². The average Bonchev–Trinajstić information content (AvgIpc) is 4.01. The Bertz CT molecular complexity index is 2760. The Kier molecular flexibility index (Phi) is 7.04. The van der Waals surface area contributed by atoms with Gasteiger partial charge in [-0.2, -0.15) is 0 Å². The second-order valence-corrected chi connectivity index (χ2v) is 15.1. The van der Waals surface area contributed by atoms with E-state index in [1.165, 1.54) is 95.6 Å². The maximum absolute atomic E-state index is 3.67. The SMILES string of the molecule is CN1C2=C(CC3CC3c3ccc#cc32)c2c(c3cccc(-c4ccccc4)c3n2-c2cc(C3=CC=CCC=C3)cc(-c3ccccc3)c2)-c2ccccc21. The van der Waals surface area contributed by atoms with E-state index in [4.69, 9.17) is 0 Å². The molecule has 256 valence electrons. The van der Waals surface area contributed by atoms with E-state index >= 15 is 0 Å². The lowest BCUT2D eigenvalue weighted by Gasteiger charge is -2.26. The van der Waals surface area contributed by atoms with Crippen LogP contribution in [-0.4, -0.2) is 11.6 Å². The summed E-state index contributed by atoms with van der Waals surface area (Å²) in [5.41, 5.74) is 20.0. The van der Waals surface area contributed by atoms with Crippen molar-refractivity contribution in [2.45, 2.75) is 25.2 Å². The highest BCUT2D eigenvalue weighted by molar-refractivity contribution is 6.16. The molecule has 2 nitrogen and oxygen atoms in total. The van der Waals surface area contributed by atoms with E-state index < -0.39 is 0 Å². The molecule has 2 atom stereocenters. The third-order valence-corrected chi connectivity index (χ3v) is 12.0. The predicted octanol–water partition coefficient (Wildman–Crippen LogP) is 13.0. The number of fused-ring (bicyclic) bond motifs is 10. The van der Waals surface area contributed by atoms with Crippen LogP contribution in [-0.2, 0) is 0 Å². The molecule has 11 rings (SSSR count). The standard InChI is InChI=1S/C52H38N2/c1-53-48-28-15-14-25-44(48)49-45-27-16-26-41(36-21-10-5-11-22-36)51(45)54(52(49)47-33-39-32-46(39)42-23-12-13-24-43(42)50(47)53)40-30-37(34-17-6-2-3-7-18-34)29-38(31-40)35-19-8-4-9-20-35/h2,4-12,14-23,25-31,39,46H,3,32-33H2,1H3. The lowest BCUT2D eigenvalue weighted by Crippen LogP contribution is -2.17. The van der Waals surface area contributed by atoms with Gasteiger partial charge in [-0.05, 0) is 101 Å². The van der Waals surface area contributed by atoms with E-state index in [0.29, 0.717) is 11.8 Å². The fourth-order valence-electron chi connectivity index (χ4n) is 9.43. The van der Waals surface area contributed by atoms with E-state index in [9.17, 15) is 0 Å². The van der Waals surface area contributed by atoms with Gasteiger partial charge in [0.15, 0.2) is 0 Å². The van der Waals surface area contributed by atoms with Crippen LogP contribution in [0.5, 0.6) is 0 Å². The van der Waals surface area contributed by atoms with Crippen molar-refractivity contribution >= 4 is 33.4 Å². The molecule has 2 heterocycles. The summed E-state index contributed by atoms with van der Waals surface area (Å²) in [6.07, 6.45) is 14.4. The van der Waals surface area contributed by atoms with Crippen LogP contribution in [0, 0.1) is 18.1 Å². The maximum atomic E-state index is 3.67. The minimum absolute atomic E-state index is 0.553. The zero-order chi connectivity index (χ0) is 35.8. The van der Waals surface area contributed by atoms with Crippen molar-refractivity contribution in [2.24, 2.45) is 5.92 Å². The number of nitrogens with zero attached hydrogens (tertiary/aromatic N) is 2. The minimum atomic E-state index is 0.553. The predicted molar refractivity (Wildman–Crippen MR) is 225 cm³/mol. The summed E-state index contributed by atoms with van der Waals surface area (Å²) >= 11 is 0. The van der Waals surface area contributed by atoms with E-state index in [-0.39, 0.29) is 0 Å². The molecule has 0 N–H and O–H groups in total. The number of hydrogen-bond acceptors (Lipinski definition) is 1. The largest absolute Gasteiger partial charge is 0.343 e. The van der Waals surface area contributed by atoms with Crippen molar-refractivity contribution in [1.29, 1.82) is 0 Å². The van der Waals surface area contributed by atoms with Crippen molar-refractivity contribution in [2.75, 3.05) is 11.9 Å². The Morgan fingerprint density at radius 3 is 2.35 bits per heavy atom. The van der Waals surface area contributed by atoms with Gasteiger partial charge < -0.3 is 9.47 Å². The number of hydrogen-bond donors (Lipinski definition) is 0. The third-order valence-electron chi connectivity index (χ3n) is 12.0. The zero-order valence-corrected chi connectivity index (χ0v) is 30.3. The molecule has 0 saturated heterocycles. The summed E-state index contributed by atoms with van der Waals surface area (Å²) in [5.74, 6) is 1.14. The number of aromatic nitrogens is 1. The molecule has 0 radical (unpaired) electrons. The Morgan fingerprint density at radius 1 is 0.704 bits per heavy atom. The monoisotopic (exact) mass is 690 g/mol. The van der Waals surface area contributed by atoms with Crippen molar-refractivity contribution < 1.29 is 0 Å². The van der Waals surface area contributed by atoms with Crippen molar-refractivity contribution in [3.8, 4) is 39.1 Å². The summed E-state index contributed by atoms with van der Waals surface area (Å²) < 4.78 is 2.64. The van der Waals surface area contributed by atoms with Crippen LogP contribution in [0.4, 0.5) is 5.69 Å². The molecule has 1 saturated carbocycles. The third kappa shape index (κ3) is 4.82. The fraction of sp³-hybridized carbons (Fsp3) is 0.115. The quantitative estimate of drug-likeness (QED) is 0.178. The number of benzene rings is 5. The molecule has 3 aliphatic carbocycles. The molecule has 2 heteroatoms. The lowest BCUT2D eigenvalue weighted by atomic mass is 9.94.